The molecule has 0 aliphatic rings. The third kappa shape index (κ3) is 9.10. The minimum atomic E-state index is -4.25. The minimum Gasteiger partial charge on any atom is -0.352 e. The molecule has 236 valence electrons. The normalized spacial score (nSPS) is 12.6. The number of anilines is 1. The van der Waals surface area contributed by atoms with Crippen molar-refractivity contribution in [2.24, 2.45) is 0 Å². The fourth-order valence-corrected chi connectivity index (χ4v) is 6.50. The number of rotatable bonds is 13. The molecular weight excluding hydrogens is 629 g/mol. The van der Waals surface area contributed by atoms with Crippen LogP contribution in [0, 0.1) is 6.92 Å². The van der Waals surface area contributed by atoms with E-state index in [1.54, 1.807) is 18.2 Å². The highest BCUT2D eigenvalue weighted by atomic mass is 35.5. The molecule has 4 aromatic rings. The number of hydrogen-bond acceptors (Lipinski definition) is 4. The summed E-state index contributed by atoms with van der Waals surface area (Å²) in [6.07, 6.45) is 0.944. The van der Waals surface area contributed by atoms with E-state index in [1.807, 2.05) is 75.4 Å². The Bertz CT molecular complexity index is 1700. The van der Waals surface area contributed by atoms with Gasteiger partial charge in [0.2, 0.25) is 11.8 Å². The molecule has 0 aliphatic carbocycles. The SMILES string of the molecule is CC[C@@H](C)NC(=O)[C@@H](Cc1ccccc1)N(Cc1ccc(C)cc1)C(=O)CN(c1cccc(Cl)c1)S(=O)(=O)c1ccc(Cl)cc1. The summed E-state index contributed by atoms with van der Waals surface area (Å²) in [5, 5.41) is 3.72. The summed E-state index contributed by atoms with van der Waals surface area (Å²) in [6.45, 7) is 5.36. The van der Waals surface area contributed by atoms with Crippen LogP contribution in [-0.2, 0) is 32.6 Å². The van der Waals surface area contributed by atoms with Gasteiger partial charge in [-0.15, -0.1) is 0 Å². The van der Waals surface area contributed by atoms with E-state index in [4.69, 9.17) is 23.2 Å². The Morgan fingerprint density at radius 1 is 0.822 bits per heavy atom. The number of nitrogens with one attached hydrogen (secondary N) is 1. The lowest BCUT2D eigenvalue weighted by Crippen LogP contribution is -2.54. The van der Waals surface area contributed by atoms with Gasteiger partial charge >= 0.3 is 0 Å². The maximum absolute atomic E-state index is 14.5. The number of halogens is 2. The van der Waals surface area contributed by atoms with Crippen LogP contribution in [0.1, 0.15) is 37.0 Å². The van der Waals surface area contributed by atoms with Crippen LogP contribution in [0.2, 0.25) is 10.0 Å². The number of aryl methyl sites for hydroxylation is 1. The van der Waals surface area contributed by atoms with Gasteiger partial charge in [-0.05, 0) is 73.9 Å². The van der Waals surface area contributed by atoms with Crippen molar-refractivity contribution in [3.05, 3.63) is 130 Å². The van der Waals surface area contributed by atoms with E-state index in [2.05, 4.69) is 5.32 Å². The maximum Gasteiger partial charge on any atom is 0.264 e. The third-order valence-corrected chi connectivity index (χ3v) is 9.80. The van der Waals surface area contributed by atoms with E-state index >= 15 is 0 Å². The van der Waals surface area contributed by atoms with Gasteiger partial charge < -0.3 is 10.2 Å². The Labute approximate surface area is 275 Å². The van der Waals surface area contributed by atoms with Crippen LogP contribution in [0.5, 0.6) is 0 Å². The molecule has 0 aromatic heterocycles. The summed E-state index contributed by atoms with van der Waals surface area (Å²) in [4.78, 5) is 29.8. The Balaban J connectivity index is 1.80. The zero-order valence-corrected chi connectivity index (χ0v) is 27.8. The van der Waals surface area contributed by atoms with Gasteiger partial charge in [0, 0.05) is 29.1 Å². The second kappa shape index (κ2) is 15.4. The number of nitrogens with zero attached hydrogens (tertiary/aromatic N) is 2. The molecule has 4 rings (SSSR count). The van der Waals surface area contributed by atoms with Gasteiger partial charge in [-0.2, -0.15) is 0 Å². The molecular formula is C35H37Cl2N3O4S. The number of amides is 2. The Morgan fingerprint density at radius 2 is 1.49 bits per heavy atom. The smallest absolute Gasteiger partial charge is 0.264 e. The lowest BCUT2D eigenvalue weighted by atomic mass is 10.0. The van der Waals surface area contributed by atoms with Crippen LogP contribution in [-0.4, -0.2) is 43.8 Å². The maximum atomic E-state index is 14.5. The summed E-state index contributed by atoms with van der Waals surface area (Å²) in [7, 11) is -4.25. The van der Waals surface area contributed by atoms with Gasteiger partial charge in [-0.1, -0.05) is 96.4 Å². The first-order chi connectivity index (χ1) is 21.5. The number of carbonyl (C=O) groups is 2. The third-order valence-electron chi connectivity index (χ3n) is 7.52. The molecule has 0 unspecified atom stereocenters. The zero-order chi connectivity index (χ0) is 32.6. The van der Waals surface area contributed by atoms with Crippen molar-refractivity contribution in [1.82, 2.24) is 10.2 Å². The molecule has 0 bridgehead atoms. The van der Waals surface area contributed by atoms with Crippen molar-refractivity contribution < 1.29 is 18.0 Å². The fourth-order valence-electron chi connectivity index (χ4n) is 4.78. The average Bonchev–Trinajstić information content (AvgIpc) is 3.02. The number of carbonyl (C=O) groups excluding carboxylic acids is 2. The molecule has 2 amide bonds. The van der Waals surface area contributed by atoms with E-state index in [9.17, 15) is 18.0 Å². The quantitative estimate of drug-likeness (QED) is 0.166. The molecule has 2 atom stereocenters. The van der Waals surface area contributed by atoms with Crippen molar-refractivity contribution >= 4 is 50.7 Å². The lowest BCUT2D eigenvalue weighted by Gasteiger charge is -2.34. The molecule has 1 N–H and O–H groups in total. The van der Waals surface area contributed by atoms with Gasteiger partial charge in [0.25, 0.3) is 10.0 Å². The summed E-state index contributed by atoms with van der Waals surface area (Å²) in [5.74, 6) is -0.864. The largest absolute Gasteiger partial charge is 0.352 e. The molecule has 0 aliphatic heterocycles. The molecule has 7 nitrogen and oxygen atoms in total. The van der Waals surface area contributed by atoms with Crippen LogP contribution < -0.4 is 9.62 Å². The van der Waals surface area contributed by atoms with Crippen LogP contribution in [0.25, 0.3) is 0 Å². The molecule has 4 aromatic carbocycles. The van der Waals surface area contributed by atoms with Gasteiger partial charge in [-0.3, -0.25) is 13.9 Å². The first-order valence-electron chi connectivity index (χ1n) is 14.7. The molecule has 0 heterocycles. The molecule has 0 radical (unpaired) electrons. The van der Waals surface area contributed by atoms with Crippen LogP contribution >= 0.6 is 23.2 Å². The van der Waals surface area contributed by atoms with Gasteiger partial charge in [0.1, 0.15) is 12.6 Å². The second-order valence-electron chi connectivity index (χ2n) is 11.0. The van der Waals surface area contributed by atoms with Crippen LogP contribution in [0.15, 0.2) is 108 Å². The first-order valence-corrected chi connectivity index (χ1v) is 16.9. The van der Waals surface area contributed by atoms with Crippen molar-refractivity contribution in [2.45, 2.75) is 57.1 Å². The topological polar surface area (TPSA) is 86.8 Å². The van der Waals surface area contributed by atoms with Gasteiger partial charge in [-0.25, -0.2) is 8.42 Å². The summed E-state index contributed by atoms with van der Waals surface area (Å²) < 4.78 is 29.2. The number of benzene rings is 4. The number of sulfonamides is 1. The van der Waals surface area contributed by atoms with Crippen molar-refractivity contribution in [2.75, 3.05) is 10.8 Å². The highest BCUT2D eigenvalue weighted by Crippen LogP contribution is 2.28. The molecule has 0 spiro atoms. The highest BCUT2D eigenvalue weighted by Gasteiger charge is 2.35. The van der Waals surface area contributed by atoms with Gasteiger partial charge in [0.05, 0.1) is 10.6 Å². The Kier molecular flexibility index (Phi) is 11.7. The van der Waals surface area contributed by atoms with E-state index in [1.165, 1.54) is 35.2 Å². The molecule has 0 saturated heterocycles. The lowest BCUT2D eigenvalue weighted by molar-refractivity contribution is -0.140. The van der Waals surface area contributed by atoms with Crippen LogP contribution in [0.4, 0.5) is 5.69 Å². The minimum absolute atomic E-state index is 0.0416. The van der Waals surface area contributed by atoms with E-state index in [0.717, 1.165) is 21.0 Å². The highest BCUT2D eigenvalue weighted by molar-refractivity contribution is 7.92. The number of hydrogen-bond donors (Lipinski definition) is 1. The molecule has 45 heavy (non-hydrogen) atoms. The van der Waals surface area contributed by atoms with Crippen molar-refractivity contribution in [1.29, 1.82) is 0 Å². The standard InChI is InChI=1S/C35H37Cl2N3O4S/c1-4-26(3)38-35(42)33(21-27-9-6-5-7-10-27)39(23-28-15-13-25(2)14-16-28)34(41)24-40(31-12-8-11-30(37)22-31)45(43,44)32-19-17-29(36)18-20-32/h5-20,22,26,33H,4,21,23-24H2,1-3H3,(H,38,42)/t26-,33-/m1/s1. The molecule has 10 heteroatoms. The monoisotopic (exact) mass is 665 g/mol. The Morgan fingerprint density at radius 3 is 2.11 bits per heavy atom. The second-order valence-corrected chi connectivity index (χ2v) is 13.7. The Hall–Kier alpha value is -3.85. The van der Waals surface area contributed by atoms with Crippen molar-refractivity contribution in [3.8, 4) is 0 Å². The molecule has 0 saturated carbocycles. The summed E-state index contributed by atoms with van der Waals surface area (Å²) >= 11 is 12.3. The average molecular weight is 667 g/mol. The molecule has 0 fully saturated rings. The van der Waals surface area contributed by atoms with Gasteiger partial charge in [0.15, 0.2) is 0 Å². The van der Waals surface area contributed by atoms with E-state index < -0.39 is 28.5 Å². The predicted octanol–water partition coefficient (Wildman–Crippen LogP) is 7.05. The van der Waals surface area contributed by atoms with E-state index in [-0.39, 0.29) is 35.5 Å². The summed E-state index contributed by atoms with van der Waals surface area (Å²) in [6, 6.07) is 28.1. The van der Waals surface area contributed by atoms with Crippen LogP contribution in [0.3, 0.4) is 0 Å². The van der Waals surface area contributed by atoms with Crippen molar-refractivity contribution in [3.63, 3.8) is 0 Å². The van der Waals surface area contributed by atoms with E-state index in [0.29, 0.717) is 16.5 Å². The zero-order valence-electron chi connectivity index (χ0n) is 25.5. The first kappa shape index (κ1) is 34.0. The predicted molar refractivity (Wildman–Crippen MR) is 181 cm³/mol. The summed E-state index contributed by atoms with van der Waals surface area (Å²) in [5.41, 5.74) is 2.93. The fraction of sp³-hybridized carbons (Fsp3) is 0.257.